The molecule has 1 aliphatic rings. The first-order valence-electron chi connectivity index (χ1n) is 15.0. The molecular weight excluding hydrogens is 549 g/mol. The van der Waals surface area contributed by atoms with Crippen LogP contribution in [0.25, 0.3) is 0 Å². The van der Waals surface area contributed by atoms with E-state index in [0.717, 1.165) is 42.8 Å². The van der Waals surface area contributed by atoms with Gasteiger partial charge in [0.1, 0.15) is 17.7 Å². The van der Waals surface area contributed by atoms with E-state index in [0.29, 0.717) is 37.0 Å². The number of carbonyl (C=O) groups excluding carboxylic acids is 1. The summed E-state index contributed by atoms with van der Waals surface area (Å²) in [6, 6.07) is 12.1. The van der Waals surface area contributed by atoms with Gasteiger partial charge in [0.05, 0.1) is 13.7 Å². The largest absolute Gasteiger partial charge is 0.496 e. The summed E-state index contributed by atoms with van der Waals surface area (Å²) in [4.78, 5) is 26.2. The van der Waals surface area contributed by atoms with E-state index >= 15 is 0 Å². The number of nitrogens with one attached hydrogen (secondary N) is 1. The van der Waals surface area contributed by atoms with Crippen LogP contribution in [0.2, 0.25) is 0 Å². The van der Waals surface area contributed by atoms with Crippen LogP contribution in [-0.2, 0) is 4.74 Å². The maximum Gasteiger partial charge on any atom is 0.416 e. The van der Waals surface area contributed by atoms with Crippen LogP contribution < -0.4 is 19.7 Å². The minimum absolute atomic E-state index is 0.0201. The fourth-order valence-corrected chi connectivity index (χ4v) is 5.42. The van der Waals surface area contributed by atoms with Gasteiger partial charge < -0.3 is 24.4 Å². The van der Waals surface area contributed by atoms with Crippen molar-refractivity contribution >= 4 is 23.5 Å². The van der Waals surface area contributed by atoms with Gasteiger partial charge in [-0.15, -0.1) is 0 Å². The van der Waals surface area contributed by atoms with Crippen molar-refractivity contribution in [3.8, 4) is 11.5 Å². The molecular formula is C33H44FN5O4. The number of hydrogen-bond donors (Lipinski definition) is 1. The van der Waals surface area contributed by atoms with E-state index in [2.05, 4.69) is 27.2 Å². The second kappa shape index (κ2) is 15.0. The van der Waals surface area contributed by atoms with E-state index in [-0.39, 0.29) is 17.6 Å². The van der Waals surface area contributed by atoms with Crippen molar-refractivity contribution in [2.75, 3.05) is 50.6 Å². The number of halogens is 1. The third-order valence-electron chi connectivity index (χ3n) is 7.66. The number of nitrogens with zero attached hydrogens (tertiary/aromatic N) is 4. The second-order valence-electron chi connectivity index (χ2n) is 11.5. The predicted octanol–water partition coefficient (Wildman–Crippen LogP) is 7.15. The number of aromatic nitrogens is 2. The van der Waals surface area contributed by atoms with Crippen LogP contribution in [0.15, 0.2) is 48.7 Å². The first kappa shape index (κ1) is 32.0. The summed E-state index contributed by atoms with van der Waals surface area (Å²) >= 11 is 0. The molecule has 2 atom stereocenters. The third kappa shape index (κ3) is 8.34. The fraction of sp³-hybridized carbons (Fsp3) is 0.485. The van der Waals surface area contributed by atoms with Gasteiger partial charge in [0.2, 0.25) is 5.95 Å². The smallest absolute Gasteiger partial charge is 0.416 e. The molecule has 1 fully saturated rings. The Morgan fingerprint density at radius 1 is 1.21 bits per heavy atom. The second-order valence-corrected chi connectivity index (χ2v) is 11.5. The summed E-state index contributed by atoms with van der Waals surface area (Å²) in [6.45, 7) is 10.9. The topological polar surface area (TPSA) is 89.0 Å². The molecule has 1 amide bonds. The number of likely N-dealkylation sites (tertiary alicyclic amines) is 1. The molecule has 0 spiro atoms. The maximum atomic E-state index is 14.9. The van der Waals surface area contributed by atoms with Gasteiger partial charge in [0.25, 0.3) is 0 Å². The summed E-state index contributed by atoms with van der Waals surface area (Å²) < 4.78 is 32.3. The van der Waals surface area contributed by atoms with Gasteiger partial charge >= 0.3 is 6.09 Å². The molecule has 0 bridgehead atoms. The van der Waals surface area contributed by atoms with Crippen LogP contribution in [-0.4, -0.2) is 61.4 Å². The average Bonchev–Trinajstić information content (AvgIpc) is 2.98. The number of piperidine rings is 1. The van der Waals surface area contributed by atoms with Crippen LogP contribution in [0.5, 0.6) is 11.5 Å². The molecule has 0 radical (unpaired) electrons. The van der Waals surface area contributed by atoms with E-state index in [1.165, 1.54) is 11.0 Å². The van der Waals surface area contributed by atoms with Crippen molar-refractivity contribution in [1.82, 2.24) is 14.9 Å². The van der Waals surface area contributed by atoms with Crippen molar-refractivity contribution in [2.24, 2.45) is 11.8 Å². The number of methoxy groups -OCH3 is 1. The molecule has 0 aliphatic carbocycles. The lowest BCUT2D eigenvalue weighted by molar-refractivity contribution is 0.0756. The Morgan fingerprint density at radius 3 is 2.72 bits per heavy atom. The molecule has 3 aromatic rings. The molecule has 4 rings (SSSR count). The van der Waals surface area contributed by atoms with Gasteiger partial charge in [-0.25, -0.2) is 14.2 Å². The Morgan fingerprint density at radius 2 is 2.02 bits per heavy atom. The van der Waals surface area contributed by atoms with Gasteiger partial charge in [-0.3, -0.25) is 4.90 Å². The predicted molar refractivity (Wildman–Crippen MR) is 167 cm³/mol. The number of carbonyl (C=O) groups is 1. The van der Waals surface area contributed by atoms with Gasteiger partial charge in [-0.2, -0.15) is 4.98 Å². The Labute approximate surface area is 254 Å². The summed E-state index contributed by atoms with van der Waals surface area (Å²) in [5.41, 5.74) is 2.29. The molecule has 10 heteroatoms. The number of ether oxygens (including phenoxy) is 3. The van der Waals surface area contributed by atoms with Gasteiger partial charge in [-0.05, 0) is 81.1 Å². The van der Waals surface area contributed by atoms with Crippen molar-refractivity contribution in [2.45, 2.75) is 53.1 Å². The molecule has 1 N–H and O–H groups in total. The molecule has 1 aliphatic heterocycles. The van der Waals surface area contributed by atoms with E-state index in [9.17, 15) is 9.18 Å². The molecule has 1 saturated heterocycles. The molecule has 9 nitrogen and oxygen atoms in total. The van der Waals surface area contributed by atoms with E-state index in [4.69, 9.17) is 14.2 Å². The number of rotatable bonds is 12. The van der Waals surface area contributed by atoms with Crippen LogP contribution in [0.1, 0.15) is 57.3 Å². The highest BCUT2D eigenvalue weighted by molar-refractivity contribution is 5.86. The Hall–Kier alpha value is -3.92. The Kier molecular flexibility index (Phi) is 11.2. The normalized spacial score (nSPS) is 16.0. The minimum atomic E-state index is -0.510. The Balaban J connectivity index is 1.46. The number of anilines is 3. The van der Waals surface area contributed by atoms with Crippen LogP contribution in [0.3, 0.4) is 0 Å². The minimum Gasteiger partial charge on any atom is -0.496 e. The molecule has 1 aromatic heterocycles. The van der Waals surface area contributed by atoms with Crippen molar-refractivity contribution in [3.05, 3.63) is 65.6 Å². The van der Waals surface area contributed by atoms with Crippen molar-refractivity contribution < 1.29 is 23.4 Å². The van der Waals surface area contributed by atoms with Crippen molar-refractivity contribution in [1.29, 1.82) is 0 Å². The molecule has 43 heavy (non-hydrogen) atoms. The van der Waals surface area contributed by atoms with Gasteiger partial charge in [-0.1, -0.05) is 32.9 Å². The number of hydrogen-bond acceptors (Lipinski definition) is 8. The summed E-state index contributed by atoms with van der Waals surface area (Å²) in [5.74, 6) is 1.52. The lowest BCUT2D eigenvalue weighted by Gasteiger charge is -2.29. The molecule has 2 heterocycles. The molecule has 2 unspecified atom stereocenters. The maximum absolute atomic E-state index is 14.9. The summed E-state index contributed by atoms with van der Waals surface area (Å²) in [5, 5.41) is 3.05. The lowest BCUT2D eigenvalue weighted by Crippen LogP contribution is -2.35. The highest BCUT2D eigenvalue weighted by Crippen LogP contribution is 2.34. The highest BCUT2D eigenvalue weighted by Gasteiger charge is 2.27. The third-order valence-corrected chi connectivity index (χ3v) is 7.66. The molecule has 0 saturated carbocycles. The van der Waals surface area contributed by atoms with Crippen LogP contribution >= 0.6 is 0 Å². The van der Waals surface area contributed by atoms with Crippen molar-refractivity contribution in [3.63, 3.8) is 0 Å². The zero-order chi connectivity index (χ0) is 30.9. The fourth-order valence-electron chi connectivity index (χ4n) is 5.42. The highest BCUT2D eigenvalue weighted by atomic mass is 19.1. The molecule has 232 valence electrons. The van der Waals surface area contributed by atoms with Crippen LogP contribution in [0.4, 0.5) is 26.6 Å². The quantitative estimate of drug-likeness (QED) is 0.237. The lowest BCUT2D eigenvalue weighted by atomic mass is 9.94. The summed E-state index contributed by atoms with van der Waals surface area (Å²) in [6.07, 6.45) is 3.47. The number of amides is 1. The van der Waals surface area contributed by atoms with E-state index < -0.39 is 18.0 Å². The first-order chi connectivity index (χ1) is 20.7. The standard InChI is InChI=1S/C33H44FN5O4/c1-7-17-39(33(40)43-31(22(2)3)26-11-8-12-28(41-6)23(26)4)30-15-16-35-32(37-30)36-25-13-14-29(27(34)19-25)42-21-24-10-9-18-38(5)20-24/h8,11-16,19,22,24,31H,7,9-10,17-18,20-21H2,1-6H3,(H,35,36,37). The van der Waals surface area contributed by atoms with Gasteiger partial charge in [0, 0.05) is 37.0 Å². The average molecular weight is 594 g/mol. The Bertz CT molecular complexity index is 1370. The van der Waals surface area contributed by atoms with Gasteiger partial charge in [0.15, 0.2) is 11.6 Å². The monoisotopic (exact) mass is 593 g/mol. The van der Waals surface area contributed by atoms with Crippen LogP contribution in [0, 0.1) is 24.6 Å². The first-order valence-corrected chi connectivity index (χ1v) is 15.0. The number of benzene rings is 2. The summed E-state index contributed by atoms with van der Waals surface area (Å²) in [7, 11) is 3.72. The van der Waals surface area contributed by atoms with E-state index in [1.54, 1.807) is 31.5 Å². The zero-order valence-corrected chi connectivity index (χ0v) is 26.1. The molecule has 2 aromatic carbocycles. The SMILES string of the molecule is CCCN(C(=O)OC(c1cccc(OC)c1C)C(C)C)c1ccnc(Nc2ccc(OCC3CCCN(C)C3)c(F)c2)n1. The zero-order valence-electron chi connectivity index (χ0n) is 26.1. The van der Waals surface area contributed by atoms with E-state index in [1.807, 2.05) is 45.9 Å².